The van der Waals surface area contributed by atoms with Gasteiger partial charge in [-0.3, -0.25) is 0 Å². The molecule has 6 nitrogen and oxygen atoms in total. The Morgan fingerprint density at radius 3 is 1.75 bits per heavy atom. The number of benzene rings is 3. The van der Waals surface area contributed by atoms with Crippen LogP contribution in [0, 0.1) is 10.7 Å². The first-order valence-electron chi connectivity index (χ1n) is 11.9. The molecule has 0 amide bonds. The third-order valence-corrected chi connectivity index (χ3v) is 6.84. The Hall–Kier alpha value is -2.70. The first-order valence-corrected chi connectivity index (χ1v) is 12.8. The van der Waals surface area contributed by atoms with Crippen LogP contribution in [0.15, 0.2) is 91.0 Å². The lowest BCUT2D eigenvalue weighted by Crippen LogP contribution is -2.59. The minimum absolute atomic E-state index is 0.295. The lowest BCUT2D eigenvalue weighted by Gasteiger charge is -2.44. The van der Waals surface area contributed by atoms with Crippen LogP contribution in [0.25, 0.3) is 0 Å². The number of hydrogen-bond donors (Lipinski definition) is 0. The molecule has 0 radical (unpaired) electrons. The highest BCUT2D eigenvalue weighted by Gasteiger charge is 2.48. The SMILES string of the molecule is CO[C@@H]1O[C@H](COCc2ccccc2)[C@H](OCc2ccccc2)[C@H](OCc2ccccc2)[C@H]1SC#N. The number of hydrogen-bond acceptors (Lipinski definition) is 7. The maximum atomic E-state index is 9.54. The van der Waals surface area contributed by atoms with E-state index in [1.165, 1.54) is 0 Å². The van der Waals surface area contributed by atoms with Crippen LogP contribution < -0.4 is 0 Å². The maximum absolute atomic E-state index is 9.54. The van der Waals surface area contributed by atoms with Crippen molar-refractivity contribution in [2.45, 2.75) is 49.7 Å². The molecule has 1 heterocycles. The predicted octanol–water partition coefficient (Wildman–Crippen LogP) is 5.33. The Morgan fingerprint density at radius 2 is 1.25 bits per heavy atom. The molecular formula is C29H31NO5S. The number of ether oxygens (including phenoxy) is 5. The van der Waals surface area contributed by atoms with Gasteiger partial charge >= 0.3 is 0 Å². The van der Waals surface area contributed by atoms with Gasteiger partial charge in [-0.1, -0.05) is 91.0 Å². The van der Waals surface area contributed by atoms with E-state index in [4.69, 9.17) is 23.7 Å². The minimum atomic E-state index is -0.641. The van der Waals surface area contributed by atoms with Gasteiger partial charge in [0, 0.05) is 7.11 Å². The summed E-state index contributed by atoms with van der Waals surface area (Å²) >= 11 is 1.09. The largest absolute Gasteiger partial charge is 0.374 e. The zero-order valence-corrected chi connectivity index (χ0v) is 21.1. The minimum Gasteiger partial charge on any atom is -0.374 e. The van der Waals surface area contributed by atoms with Gasteiger partial charge in [0.15, 0.2) is 6.29 Å². The van der Waals surface area contributed by atoms with Crippen molar-refractivity contribution in [2.24, 2.45) is 0 Å². The second-order valence-electron chi connectivity index (χ2n) is 8.48. The van der Waals surface area contributed by atoms with E-state index >= 15 is 0 Å². The Balaban J connectivity index is 1.54. The van der Waals surface area contributed by atoms with Crippen molar-refractivity contribution < 1.29 is 23.7 Å². The molecule has 5 atom stereocenters. The van der Waals surface area contributed by atoms with Crippen LogP contribution in [0.1, 0.15) is 16.7 Å². The van der Waals surface area contributed by atoms with Crippen LogP contribution in [-0.4, -0.2) is 43.6 Å². The molecule has 0 aromatic heterocycles. The van der Waals surface area contributed by atoms with Crippen LogP contribution in [-0.2, 0) is 43.5 Å². The quantitative estimate of drug-likeness (QED) is 0.308. The highest BCUT2D eigenvalue weighted by atomic mass is 32.2. The molecule has 0 spiro atoms. The average molecular weight is 506 g/mol. The van der Waals surface area contributed by atoms with E-state index in [1.807, 2.05) is 91.0 Å². The summed E-state index contributed by atoms with van der Waals surface area (Å²) in [5.41, 5.74) is 3.16. The molecule has 36 heavy (non-hydrogen) atoms. The van der Waals surface area contributed by atoms with Gasteiger partial charge in [-0.25, -0.2) is 0 Å². The number of rotatable bonds is 12. The fraction of sp³-hybridized carbons (Fsp3) is 0.345. The number of thioether (sulfide) groups is 1. The third kappa shape index (κ3) is 7.40. The highest BCUT2D eigenvalue weighted by Crippen LogP contribution is 2.35. The molecule has 1 aliphatic heterocycles. The van der Waals surface area contributed by atoms with Crippen molar-refractivity contribution in [1.29, 1.82) is 5.26 Å². The summed E-state index contributed by atoms with van der Waals surface area (Å²) in [7, 11) is 1.58. The van der Waals surface area contributed by atoms with Crippen LogP contribution in [0.3, 0.4) is 0 Å². The van der Waals surface area contributed by atoms with Crippen LogP contribution >= 0.6 is 11.8 Å². The summed E-state index contributed by atoms with van der Waals surface area (Å²) < 4.78 is 30.9. The molecule has 0 saturated carbocycles. The normalized spacial score (nSPS) is 23.7. The molecule has 188 valence electrons. The Kier molecular flexibility index (Phi) is 10.4. The number of nitriles is 1. The summed E-state index contributed by atoms with van der Waals surface area (Å²) in [6.07, 6.45) is -2.01. The van der Waals surface area contributed by atoms with Crippen LogP contribution in [0.4, 0.5) is 0 Å². The standard InChI is InChI=1S/C29H31NO5S/c1-31-29-28(36-21-30)27(34-19-24-15-9-4-10-16-24)26(33-18-23-13-7-3-8-14-23)25(35-29)20-32-17-22-11-5-2-6-12-22/h2-16,25-29H,17-20H2,1H3/t25-,26+,27+,28-,29-/m1/s1. The second kappa shape index (κ2) is 14.1. The van der Waals surface area contributed by atoms with Gasteiger partial charge in [-0.2, -0.15) is 5.26 Å². The zero-order valence-electron chi connectivity index (χ0n) is 20.3. The summed E-state index contributed by atoms with van der Waals surface area (Å²) in [5, 5.41) is 11.3. The van der Waals surface area contributed by atoms with Crippen LogP contribution in [0.5, 0.6) is 0 Å². The monoisotopic (exact) mass is 505 g/mol. The van der Waals surface area contributed by atoms with Gasteiger partial charge in [0.1, 0.15) is 23.7 Å². The smallest absolute Gasteiger partial charge is 0.173 e. The second-order valence-corrected chi connectivity index (χ2v) is 9.44. The van der Waals surface area contributed by atoms with E-state index in [-0.39, 0.29) is 0 Å². The lowest BCUT2D eigenvalue weighted by molar-refractivity contribution is -0.268. The van der Waals surface area contributed by atoms with Crippen molar-refractivity contribution >= 4 is 11.8 Å². The van der Waals surface area contributed by atoms with Gasteiger partial charge in [0.25, 0.3) is 0 Å². The van der Waals surface area contributed by atoms with Gasteiger partial charge in [-0.05, 0) is 28.5 Å². The maximum Gasteiger partial charge on any atom is 0.173 e. The molecule has 0 bridgehead atoms. The summed E-state index contributed by atoms with van der Waals surface area (Å²) in [4.78, 5) is 0. The number of methoxy groups -OCH3 is 1. The molecule has 1 aliphatic rings. The van der Waals surface area contributed by atoms with Gasteiger partial charge in [0.05, 0.1) is 31.7 Å². The highest BCUT2D eigenvalue weighted by molar-refractivity contribution is 8.04. The van der Waals surface area contributed by atoms with E-state index in [1.54, 1.807) is 7.11 Å². The number of thiocyanates is 1. The Morgan fingerprint density at radius 1 is 0.750 bits per heavy atom. The van der Waals surface area contributed by atoms with E-state index in [9.17, 15) is 5.26 Å². The molecule has 1 saturated heterocycles. The molecular weight excluding hydrogens is 474 g/mol. The average Bonchev–Trinajstić information content (AvgIpc) is 2.93. The molecule has 1 fully saturated rings. The van der Waals surface area contributed by atoms with Crippen molar-refractivity contribution in [3.05, 3.63) is 108 Å². The van der Waals surface area contributed by atoms with E-state index in [2.05, 4.69) is 5.40 Å². The predicted molar refractivity (Wildman–Crippen MR) is 139 cm³/mol. The van der Waals surface area contributed by atoms with Gasteiger partial charge in [-0.15, -0.1) is 0 Å². The van der Waals surface area contributed by atoms with Gasteiger partial charge < -0.3 is 23.7 Å². The first kappa shape index (κ1) is 26.4. The van der Waals surface area contributed by atoms with Crippen molar-refractivity contribution in [2.75, 3.05) is 13.7 Å². The molecule has 3 aromatic carbocycles. The van der Waals surface area contributed by atoms with E-state index < -0.39 is 29.9 Å². The summed E-state index contributed by atoms with van der Waals surface area (Å²) in [6.45, 7) is 1.52. The van der Waals surface area contributed by atoms with Gasteiger partial charge in [0.2, 0.25) is 0 Å². The third-order valence-electron chi connectivity index (χ3n) is 5.98. The summed E-state index contributed by atoms with van der Waals surface area (Å²) in [6, 6.07) is 29.9. The fourth-order valence-electron chi connectivity index (χ4n) is 4.18. The first-order chi connectivity index (χ1) is 17.8. The fourth-order valence-corrected chi connectivity index (χ4v) is 4.96. The van der Waals surface area contributed by atoms with Crippen molar-refractivity contribution in [3.8, 4) is 5.40 Å². The molecule has 3 aromatic rings. The molecule has 7 heteroatoms. The topological polar surface area (TPSA) is 69.9 Å². The molecule has 4 rings (SSSR count). The lowest BCUT2D eigenvalue weighted by atomic mass is 10.00. The zero-order chi connectivity index (χ0) is 25.0. The summed E-state index contributed by atoms with van der Waals surface area (Å²) in [5.74, 6) is 0. The number of nitrogens with zero attached hydrogens (tertiary/aromatic N) is 1. The molecule has 0 unspecified atom stereocenters. The van der Waals surface area contributed by atoms with E-state index in [0.717, 1.165) is 28.5 Å². The molecule has 0 N–H and O–H groups in total. The van der Waals surface area contributed by atoms with Crippen molar-refractivity contribution in [3.63, 3.8) is 0 Å². The van der Waals surface area contributed by atoms with Crippen LogP contribution in [0.2, 0.25) is 0 Å². The Labute approximate surface area is 217 Å². The molecule has 0 aliphatic carbocycles. The van der Waals surface area contributed by atoms with Crippen molar-refractivity contribution in [1.82, 2.24) is 0 Å². The van der Waals surface area contributed by atoms with E-state index in [0.29, 0.717) is 26.4 Å². The Bertz CT molecular complexity index is 1060.